The maximum Gasteiger partial charge on any atom is 0.244 e. The predicted molar refractivity (Wildman–Crippen MR) is 71.9 cm³/mol. The number of rotatable bonds is 5. The summed E-state index contributed by atoms with van der Waals surface area (Å²) in [4.78, 5) is 0. The second kappa shape index (κ2) is 6.37. The van der Waals surface area contributed by atoms with Crippen molar-refractivity contribution in [3.8, 4) is 11.6 Å². The van der Waals surface area contributed by atoms with Gasteiger partial charge in [-0.15, -0.1) is 5.10 Å². The second-order valence-electron chi connectivity index (χ2n) is 3.88. The normalized spacial score (nSPS) is 11.2. The van der Waals surface area contributed by atoms with E-state index in [0.717, 1.165) is 11.3 Å². The molecule has 0 aliphatic heterocycles. The van der Waals surface area contributed by atoms with Crippen LogP contribution in [-0.4, -0.2) is 28.4 Å². The van der Waals surface area contributed by atoms with E-state index in [1.807, 2.05) is 24.3 Å². The van der Waals surface area contributed by atoms with E-state index in [-0.39, 0.29) is 18.3 Å². The monoisotopic (exact) mass is 274 g/mol. The first-order valence-corrected chi connectivity index (χ1v) is 5.80. The third kappa shape index (κ3) is 3.14. The van der Waals surface area contributed by atoms with E-state index >= 15 is 0 Å². The standard InChI is InChI=1S/C13H14N4O3/c1-19-10-4-2-3-9(7-10)8-20-13-11(12(14)17-18)5-6-15-16-13/h2-7,18H,8H2,1H3,(H2,14,17). The maximum absolute atomic E-state index is 8.71. The minimum Gasteiger partial charge on any atom is -0.497 e. The molecule has 2 rings (SSSR count). The molecule has 0 bridgehead atoms. The summed E-state index contributed by atoms with van der Waals surface area (Å²) in [5.74, 6) is 0.855. The van der Waals surface area contributed by atoms with E-state index < -0.39 is 0 Å². The second-order valence-corrected chi connectivity index (χ2v) is 3.88. The number of hydrogen-bond donors (Lipinski definition) is 2. The molecular formula is C13H14N4O3. The van der Waals surface area contributed by atoms with Crippen LogP contribution in [-0.2, 0) is 6.61 Å². The van der Waals surface area contributed by atoms with Gasteiger partial charge in [0, 0.05) is 0 Å². The topological polar surface area (TPSA) is 103 Å². The molecule has 0 saturated heterocycles. The molecule has 0 amide bonds. The molecule has 0 aliphatic rings. The van der Waals surface area contributed by atoms with Crippen molar-refractivity contribution < 1.29 is 14.7 Å². The number of nitrogens with zero attached hydrogens (tertiary/aromatic N) is 3. The number of ether oxygens (including phenoxy) is 2. The molecule has 0 spiro atoms. The maximum atomic E-state index is 8.71. The van der Waals surface area contributed by atoms with Gasteiger partial charge in [0.25, 0.3) is 0 Å². The molecule has 7 nitrogen and oxygen atoms in total. The highest BCUT2D eigenvalue weighted by Gasteiger charge is 2.10. The Morgan fingerprint density at radius 1 is 1.40 bits per heavy atom. The number of nitrogens with two attached hydrogens (primary N) is 1. The van der Waals surface area contributed by atoms with Crippen molar-refractivity contribution in [2.45, 2.75) is 6.61 Å². The van der Waals surface area contributed by atoms with Crippen LogP contribution in [0.1, 0.15) is 11.1 Å². The highest BCUT2D eigenvalue weighted by molar-refractivity contribution is 5.98. The lowest BCUT2D eigenvalue weighted by molar-refractivity contribution is 0.287. The molecule has 1 aromatic carbocycles. The summed E-state index contributed by atoms with van der Waals surface area (Å²) in [5.41, 5.74) is 6.83. The largest absolute Gasteiger partial charge is 0.497 e. The van der Waals surface area contributed by atoms with E-state index in [2.05, 4.69) is 15.4 Å². The molecule has 0 unspecified atom stereocenters. The molecule has 1 aromatic heterocycles. The summed E-state index contributed by atoms with van der Waals surface area (Å²) < 4.78 is 10.7. The van der Waals surface area contributed by atoms with Crippen molar-refractivity contribution in [3.05, 3.63) is 47.7 Å². The van der Waals surface area contributed by atoms with E-state index in [9.17, 15) is 0 Å². The smallest absolute Gasteiger partial charge is 0.244 e. The first-order valence-electron chi connectivity index (χ1n) is 5.80. The average molecular weight is 274 g/mol. The van der Waals surface area contributed by atoms with Gasteiger partial charge in [-0.1, -0.05) is 17.3 Å². The van der Waals surface area contributed by atoms with Crippen LogP contribution in [0.5, 0.6) is 11.6 Å². The Morgan fingerprint density at radius 3 is 3.00 bits per heavy atom. The SMILES string of the molecule is COc1cccc(COc2nnccc2/C(N)=N/O)c1. The average Bonchev–Trinajstić information content (AvgIpc) is 2.52. The number of benzene rings is 1. The van der Waals surface area contributed by atoms with Gasteiger partial charge in [0.15, 0.2) is 5.84 Å². The van der Waals surface area contributed by atoms with Gasteiger partial charge in [0.1, 0.15) is 12.4 Å². The van der Waals surface area contributed by atoms with Crippen LogP contribution in [0.2, 0.25) is 0 Å². The van der Waals surface area contributed by atoms with Crippen LogP contribution in [0.15, 0.2) is 41.7 Å². The summed E-state index contributed by atoms with van der Waals surface area (Å²) in [6.45, 7) is 0.265. The van der Waals surface area contributed by atoms with Gasteiger partial charge in [-0.25, -0.2) is 0 Å². The molecule has 0 aliphatic carbocycles. The van der Waals surface area contributed by atoms with E-state index in [1.54, 1.807) is 13.2 Å². The highest BCUT2D eigenvalue weighted by Crippen LogP contribution is 2.17. The Labute approximate surface area is 115 Å². The van der Waals surface area contributed by atoms with Gasteiger partial charge in [-0.2, -0.15) is 5.10 Å². The molecule has 0 atom stereocenters. The molecule has 0 radical (unpaired) electrons. The summed E-state index contributed by atoms with van der Waals surface area (Å²) in [5, 5.41) is 19.2. The van der Waals surface area contributed by atoms with E-state index in [1.165, 1.54) is 6.20 Å². The van der Waals surface area contributed by atoms with Crippen LogP contribution in [0, 0.1) is 0 Å². The lowest BCUT2D eigenvalue weighted by Crippen LogP contribution is -2.16. The minimum absolute atomic E-state index is 0.0828. The molecule has 3 N–H and O–H groups in total. The van der Waals surface area contributed by atoms with Crippen LogP contribution < -0.4 is 15.2 Å². The highest BCUT2D eigenvalue weighted by atomic mass is 16.5. The third-order valence-electron chi connectivity index (χ3n) is 2.58. The molecule has 2 aromatic rings. The van der Waals surface area contributed by atoms with Crippen molar-refractivity contribution in [1.29, 1.82) is 0 Å². The first kappa shape index (κ1) is 13.6. The Balaban J connectivity index is 2.14. The number of hydrogen-bond acceptors (Lipinski definition) is 6. The number of methoxy groups -OCH3 is 1. The van der Waals surface area contributed by atoms with Gasteiger partial charge in [0.2, 0.25) is 5.88 Å². The summed E-state index contributed by atoms with van der Waals surface area (Å²) in [6.07, 6.45) is 1.44. The Kier molecular flexibility index (Phi) is 4.33. The first-order chi connectivity index (χ1) is 9.74. The number of oxime groups is 1. The quantitative estimate of drug-likeness (QED) is 0.367. The van der Waals surface area contributed by atoms with Crippen LogP contribution in [0.4, 0.5) is 0 Å². The molecular weight excluding hydrogens is 260 g/mol. The predicted octanol–water partition coefficient (Wildman–Crippen LogP) is 1.16. The molecule has 1 heterocycles. The Morgan fingerprint density at radius 2 is 2.25 bits per heavy atom. The van der Waals surface area contributed by atoms with Crippen LogP contribution in [0.3, 0.4) is 0 Å². The van der Waals surface area contributed by atoms with Gasteiger partial charge in [-0.05, 0) is 23.8 Å². The molecule has 20 heavy (non-hydrogen) atoms. The van der Waals surface area contributed by atoms with Gasteiger partial charge in [-0.3, -0.25) is 0 Å². The van der Waals surface area contributed by atoms with Crippen LogP contribution >= 0.6 is 0 Å². The van der Waals surface area contributed by atoms with Crippen molar-refractivity contribution in [2.24, 2.45) is 10.9 Å². The lowest BCUT2D eigenvalue weighted by Gasteiger charge is -2.09. The third-order valence-corrected chi connectivity index (χ3v) is 2.58. The summed E-state index contributed by atoms with van der Waals surface area (Å²) >= 11 is 0. The fourth-order valence-electron chi connectivity index (χ4n) is 1.59. The zero-order chi connectivity index (χ0) is 14.4. The summed E-state index contributed by atoms with van der Waals surface area (Å²) in [6, 6.07) is 9.00. The van der Waals surface area contributed by atoms with Gasteiger partial charge < -0.3 is 20.4 Å². The zero-order valence-corrected chi connectivity index (χ0v) is 10.9. The van der Waals surface area contributed by atoms with Crippen molar-refractivity contribution in [3.63, 3.8) is 0 Å². The molecule has 104 valence electrons. The zero-order valence-electron chi connectivity index (χ0n) is 10.9. The van der Waals surface area contributed by atoms with Crippen LogP contribution in [0.25, 0.3) is 0 Å². The summed E-state index contributed by atoms with van der Waals surface area (Å²) in [7, 11) is 1.60. The molecule has 0 fully saturated rings. The number of amidine groups is 1. The van der Waals surface area contributed by atoms with Gasteiger partial charge >= 0.3 is 0 Å². The molecule has 7 heteroatoms. The minimum atomic E-state index is -0.0828. The fourth-order valence-corrected chi connectivity index (χ4v) is 1.59. The Bertz CT molecular complexity index is 616. The van der Waals surface area contributed by atoms with Crippen molar-refractivity contribution >= 4 is 5.84 Å². The lowest BCUT2D eigenvalue weighted by atomic mass is 10.2. The Hall–Kier alpha value is -2.83. The molecule has 0 saturated carbocycles. The van der Waals surface area contributed by atoms with Crippen molar-refractivity contribution in [2.75, 3.05) is 7.11 Å². The van der Waals surface area contributed by atoms with E-state index in [0.29, 0.717) is 5.56 Å². The van der Waals surface area contributed by atoms with E-state index in [4.69, 9.17) is 20.4 Å². The van der Waals surface area contributed by atoms with Crippen molar-refractivity contribution in [1.82, 2.24) is 10.2 Å². The fraction of sp³-hybridized carbons (Fsp3) is 0.154. The number of aromatic nitrogens is 2. The van der Waals surface area contributed by atoms with Gasteiger partial charge in [0.05, 0.1) is 18.9 Å².